The van der Waals surface area contributed by atoms with Crippen molar-refractivity contribution in [2.24, 2.45) is 0 Å². The Morgan fingerprint density at radius 2 is 1.66 bits per heavy atom. The number of aliphatic hydroxyl groups excluding tert-OH is 1. The quantitative estimate of drug-likeness (QED) is 0.359. The Morgan fingerprint density at radius 1 is 0.969 bits per heavy atom. The number of likely N-dealkylation sites (tertiary alicyclic amines) is 1. The maximum atomic E-state index is 13.2. The number of aromatic nitrogens is 1. The van der Waals surface area contributed by atoms with E-state index < -0.39 is 17.7 Å². The molecule has 3 aromatic rings. The van der Waals surface area contributed by atoms with Crippen molar-refractivity contribution in [3.63, 3.8) is 0 Å². The van der Waals surface area contributed by atoms with Gasteiger partial charge in [-0.15, -0.1) is 0 Å². The lowest BCUT2D eigenvalue weighted by Crippen LogP contribution is -2.29. The SMILES string of the molecule is CCc1ccc(C2C(=C(O)c3cc(C)ccc3C)C(=O)C(=O)N2Cc2ccncc2)cc1. The Morgan fingerprint density at radius 3 is 2.31 bits per heavy atom. The lowest BCUT2D eigenvalue weighted by Gasteiger charge is -2.25. The van der Waals surface area contributed by atoms with E-state index in [1.165, 1.54) is 4.90 Å². The van der Waals surface area contributed by atoms with Crippen molar-refractivity contribution in [2.75, 3.05) is 0 Å². The zero-order chi connectivity index (χ0) is 22.8. The van der Waals surface area contributed by atoms with Gasteiger partial charge in [-0.3, -0.25) is 14.6 Å². The van der Waals surface area contributed by atoms with E-state index >= 15 is 0 Å². The summed E-state index contributed by atoms with van der Waals surface area (Å²) in [6.45, 7) is 6.13. The number of carbonyl (C=O) groups is 2. The minimum atomic E-state index is -0.672. The topological polar surface area (TPSA) is 70.5 Å². The molecule has 1 fully saturated rings. The molecule has 1 amide bonds. The van der Waals surface area contributed by atoms with Gasteiger partial charge < -0.3 is 10.0 Å². The van der Waals surface area contributed by atoms with E-state index in [9.17, 15) is 14.7 Å². The number of Topliss-reactive ketones (excluding diaryl/α,β-unsaturated/α-hetero) is 1. The molecule has 0 spiro atoms. The van der Waals surface area contributed by atoms with Gasteiger partial charge in [-0.25, -0.2) is 0 Å². The molecule has 5 nitrogen and oxygen atoms in total. The monoisotopic (exact) mass is 426 g/mol. The molecule has 5 heteroatoms. The molecule has 1 unspecified atom stereocenters. The summed E-state index contributed by atoms with van der Waals surface area (Å²) >= 11 is 0. The number of aliphatic hydroxyl groups is 1. The lowest BCUT2D eigenvalue weighted by atomic mass is 9.92. The fourth-order valence-corrected chi connectivity index (χ4v) is 4.15. The van der Waals surface area contributed by atoms with Crippen LogP contribution in [-0.2, 0) is 22.6 Å². The van der Waals surface area contributed by atoms with Crippen LogP contribution < -0.4 is 0 Å². The van der Waals surface area contributed by atoms with E-state index in [0.717, 1.165) is 34.2 Å². The predicted octanol–water partition coefficient (Wildman–Crippen LogP) is 4.88. The van der Waals surface area contributed by atoms with E-state index in [0.29, 0.717) is 5.56 Å². The molecule has 2 aromatic carbocycles. The van der Waals surface area contributed by atoms with Crippen molar-refractivity contribution >= 4 is 17.4 Å². The molecule has 1 aliphatic heterocycles. The van der Waals surface area contributed by atoms with E-state index in [4.69, 9.17) is 0 Å². The molecule has 1 aliphatic rings. The smallest absolute Gasteiger partial charge is 0.295 e. The second-order valence-corrected chi connectivity index (χ2v) is 8.20. The molecule has 1 saturated heterocycles. The summed E-state index contributed by atoms with van der Waals surface area (Å²) in [5, 5.41) is 11.3. The Hall–Kier alpha value is -3.73. The van der Waals surface area contributed by atoms with Gasteiger partial charge in [0, 0.05) is 24.5 Å². The first-order chi connectivity index (χ1) is 15.4. The van der Waals surface area contributed by atoms with Crippen molar-refractivity contribution < 1.29 is 14.7 Å². The predicted molar refractivity (Wildman–Crippen MR) is 124 cm³/mol. The minimum Gasteiger partial charge on any atom is -0.507 e. The standard InChI is InChI=1S/C27H26N2O3/c1-4-19-7-9-21(10-8-19)24-23(25(30)22-15-17(2)5-6-18(22)3)26(31)27(32)29(24)16-20-11-13-28-14-12-20/h5-15,24,30H,4,16H2,1-3H3. The van der Waals surface area contributed by atoms with E-state index in [1.807, 2.05) is 68.4 Å². The fourth-order valence-electron chi connectivity index (χ4n) is 4.15. The van der Waals surface area contributed by atoms with Crippen molar-refractivity contribution in [1.82, 2.24) is 9.88 Å². The number of hydrogen-bond donors (Lipinski definition) is 1. The Kier molecular flexibility index (Phi) is 5.91. The highest BCUT2D eigenvalue weighted by atomic mass is 16.3. The Bertz CT molecular complexity index is 1200. The summed E-state index contributed by atoms with van der Waals surface area (Å²) in [4.78, 5) is 31.9. The van der Waals surface area contributed by atoms with Gasteiger partial charge in [0.05, 0.1) is 11.6 Å². The van der Waals surface area contributed by atoms with E-state index in [1.54, 1.807) is 12.4 Å². The number of pyridine rings is 1. The number of amides is 1. The van der Waals surface area contributed by atoms with Crippen molar-refractivity contribution in [3.8, 4) is 0 Å². The van der Waals surface area contributed by atoms with Crippen molar-refractivity contribution in [1.29, 1.82) is 0 Å². The molecule has 162 valence electrons. The number of aryl methyl sites for hydroxylation is 3. The molecule has 2 heterocycles. The first-order valence-electron chi connectivity index (χ1n) is 10.7. The molecule has 0 aliphatic carbocycles. The van der Waals surface area contributed by atoms with Crippen LogP contribution in [-0.4, -0.2) is 26.7 Å². The van der Waals surface area contributed by atoms with Crippen LogP contribution in [0.25, 0.3) is 5.76 Å². The molecule has 0 bridgehead atoms. The summed E-state index contributed by atoms with van der Waals surface area (Å²) in [7, 11) is 0. The normalized spacial score (nSPS) is 17.7. The molecule has 1 atom stereocenters. The maximum Gasteiger partial charge on any atom is 0.295 e. The average molecular weight is 427 g/mol. The Labute approximate surface area is 188 Å². The highest BCUT2D eigenvalue weighted by Gasteiger charge is 2.46. The van der Waals surface area contributed by atoms with E-state index in [-0.39, 0.29) is 17.9 Å². The van der Waals surface area contributed by atoms with Crippen molar-refractivity contribution in [3.05, 3.63) is 106 Å². The third-order valence-corrected chi connectivity index (χ3v) is 5.99. The summed E-state index contributed by atoms with van der Waals surface area (Å²) < 4.78 is 0. The lowest BCUT2D eigenvalue weighted by molar-refractivity contribution is -0.140. The van der Waals surface area contributed by atoms with Crippen LogP contribution in [0.2, 0.25) is 0 Å². The summed E-state index contributed by atoms with van der Waals surface area (Å²) in [5.74, 6) is -1.41. The van der Waals surface area contributed by atoms with Crippen LogP contribution in [0.5, 0.6) is 0 Å². The third kappa shape index (κ3) is 3.94. The van der Waals surface area contributed by atoms with Crippen LogP contribution in [0.3, 0.4) is 0 Å². The number of ketones is 1. The zero-order valence-electron chi connectivity index (χ0n) is 18.5. The number of carbonyl (C=O) groups excluding carboxylic acids is 2. The van der Waals surface area contributed by atoms with Gasteiger partial charge in [0.25, 0.3) is 11.7 Å². The second kappa shape index (κ2) is 8.79. The largest absolute Gasteiger partial charge is 0.507 e. The van der Waals surface area contributed by atoms with Gasteiger partial charge in [-0.2, -0.15) is 0 Å². The van der Waals surface area contributed by atoms with Gasteiger partial charge >= 0.3 is 0 Å². The highest BCUT2D eigenvalue weighted by molar-refractivity contribution is 6.46. The summed E-state index contributed by atoms with van der Waals surface area (Å²) in [6, 6.07) is 16.5. The van der Waals surface area contributed by atoms with E-state index in [2.05, 4.69) is 11.9 Å². The van der Waals surface area contributed by atoms with Crippen LogP contribution >= 0.6 is 0 Å². The molecule has 0 radical (unpaired) electrons. The second-order valence-electron chi connectivity index (χ2n) is 8.20. The van der Waals surface area contributed by atoms with Crippen LogP contribution in [0, 0.1) is 13.8 Å². The molecule has 1 aromatic heterocycles. The van der Waals surface area contributed by atoms with Crippen LogP contribution in [0.4, 0.5) is 0 Å². The van der Waals surface area contributed by atoms with Gasteiger partial charge in [-0.1, -0.05) is 48.9 Å². The minimum absolute atomic E-state index is 0.127. The number of nitrogens with zero attached hydrogens (tertiary/aromatic N) is 2. The summed E-state index contributed by atoms with van der Waals surface area (Å²) in [6.07, 6.45) is 4.21. The third-order valence-electron chi connectivity index (χ3n) is 5.99. The van der Waals surface area contributed by atoms with Crippen LogP contribution in [0.1, 0.15) is 46.3 Å². The van der Waals surface area contributed by atoms with Gasteiger partial charge in [0.1, 0.15) is 5.76 Å². The van der Waals surface area contributed by atoms with Gasteiger partial charge in [-0.05, 0) is 60.7 Å². The summed E-state index contributed by atoms with van der Waals surface area (Å²) in [5.41, 5.74) is 5.32. The number of rotatable bonds is 5. The molecular weight excluding hydrogens is 400 g/mol. The fraction of sp³-hybridized carbons (Fsp3) is 0.222. The number of hydrogen-bond acceptors (Lipinski definition) is 4. The first kappa shape index (κ1) is 21.5. The molecule has 4 rings (SSSR count). The van der Waals surface area contributed by atoms with Gasteiger partial charge in [0.2, 0.25) is 0 Å². The molecule has 1 N–H and O–H groups in total. The van der Waals surface area contributed by atoms with Crippen LogP contribution in [0.15, 0.2) is 72.6 Å². The molecule has 0 saturated carbocycles. The zero-order valence-corrected chi connectivity index (χ0v) is 18.5. The van der Waals surface area contributed by atoms with Crippen molar-refractivity contribution in [2.45, 2.75) is 39.8 Å². The highest BCUT2D eigenvalue weighted by Crippen LogP contribution is 2.40. The maximum absolute atomic E-state index is 13.2. The first-order valence-corrected chi connectivity index (χ1v) is 10.7. The Balaban J connectivity index is 1.89. The average Bonchev–Trinajstić information content (AvgIpc) is 3.06. The molecular formula is C27H26N2O3. The number of benzene rings is 2. The van der Waals surface area contributed by atoms with Gasteiger partial charge in [0.15, 0.2) is 0 Å². The molecule has 32 heavy (non-hydrogen) atoms.